The van der Waals surface area contributed by atoms with Gasteiger partial charge in [0, 0.05) is 51.0 Å². The molecule has 2 amide bonds. The molecule has 4 aliphatic rings. The van der Waals surface area contributed by atoms with Crippen LogP contribution in [0.3, 0.4) is 0 Å². The van der Waals surface area contributed by atoms with E-state index in [9.17, 15) is 9.59 Å². The number of nitrogens with one attached hydrogen (secondary N) is 1. The number of likely N-dealkylation sites (N-methyl/N-ethyl adjacent to an activating group) is 1. The summed E-state index contributed by atoms with van der Waals surface area (Å²) in [7, 11) is 2.04. The van der Waals surface area contributed by atoms with Crippen LogP contribution in [-0.4, -0.2) is 103 Å². The predicted molar refractivity (Wildman–Crippen MR) is 163 cm³/mol. The molecule has 0 aromatic carbocycles. The molecule has 4 rings (SSSR count). The van der Waals surface area contributed by atoms with E-state index in [1.54, 1.807) is 17.9 Å². The Morgan fingerprint density at radius 1 is 1.10 bits per heavy atom. The number of hydrogen-bond donors (Lipinski definition) is 1. The number of epoxide rings is 1. The molecule has 0 aromatic rings. The lowest BCUT2D eigenvalue weighted by molar-refractivity contribution is -0.126. The largest absolute Gasteiger partial charge is 0.442 e. The monoisotopic (exact) mass is 587 g/mol. The fourth-order valence-corrected chi connectivity index (χ4v) is 6.70. The van der Waals surface area contributed by atoms with Gasteiger partial charge >= 0.3 is 6.09 Å². The number of hydrogen-bond acceptors (Lipinski definition) is 7. The number of rotatable bonds is 8. The van der Waals surface area contributed by atoms with E-state index >= 15 is 0 Å². The lowest BCUT2D eigenvalue weighted by Crippen LogP contribution is -2.52. The Morgan fingerprint density at radius 3 is 2.45 bits per heavy atom. The molecule has 236 valence electrons. The second-order valence-corrected chi connectivity index (χ2v) is 13.8. The molecule has 0 aromatic heterocycles. The number of ether oxygens (including phenoxy) is 4. The highest BCUT2D eigenvalue weighted by atomic mass is 16.6. The van der Waals surface area contributed by atoms with E-state index in [2.05, 4.69) is 63.1 Å². The zero-order chi connectivity index (χ0) is 30.7. The van der Waals surface area contributed by atoms with Crippen LogP contribution in [0, 0.1) is 11.8 Å². The highest BCUT2D eigenvalue weighted by molar-refractivity contribution is 5.87. The van der Waals surface area contributed by atoms with E-state index < -0.39 is 6.10 Å². The molecule has 0 bridgehead atoms. The van der Waals surface area contributed by atoms with Gasteiger partial charge in [-0.05, 0) is 60.1 Å². The van der Waals surface area contributed by atoms with Crippen molar-refractivity contribution in [3.63, 3.8) is 0 Å². The van der Waals surface area contributed by atoms with Crippen molar-refractivity contribution in [1.82, 2.24) is 15.1 Å². The lowest BCUT2D eigenvalue weighted by Gasteiger charge is -2.41. The first kappa shape index (κ1) is 32.7. The van der Waals surface area contributed by atoms with Crippen molar-refractivity contribution in [2.75, 3.05) is 39.8 Å². The Morgan fingerprint density at radius 2 is 1.79 bits per heavy atom. The third-order valence-corrected chi connectivity index (χ3v) is 8.98. The Bertz CT molecular complexity index is 1040. The van der Waals surface area contributed by atoms with Crippen molar-refractivity contribution in [1.29, 1.82) is 0 Å². The Kier molecular flexibility index (Phi) is 10.6. The summed E-state index contributed by atoms with van der Waals surface area (Å²) in [5.74, 6) is 0.293. The molecular formula is C33H53N3O6. The maximum absolute atomic E-state index is 12.7. The maximum Gasteiger partial charge on any atom is 0.410 e. The first-order chi connectivity index (χ1) is 19.7. The van der Waals surface area contributed by atoms with Gasteiger partial charge in [0.1, 0.15) is 6.10 Å². The molecule has 0 aliphatic carbocycles. The van der Waals surface area contributed by atoms with Crippen molar-refractivity contribution in [2.45, 2.75) is 109 Å². The molecule has 4 aliphatic heterocycles. The average Bonchev–Trinajstić information content (AvgIpc) is 3.64. The fraction of sp³-hybridized carbons (Fsp3) is 0.758. The molecule has 9 heteroatoms. The van der Waals surface area contributed by atoms with Gasteiger partial charge < -0.3 is 34.1 Å². The van der Waals surface area contributed by atoms with Gasteiger partial charge in [0.05, 0.1) is 42.2 Å². The molecule has 1 spiro atoms. The average molecular weight is 588 g/mol. The summed E-state index contributed by atoms with van der Waals surface area (Å²) >= 11 is 0. The van der Waals surface area contributed by atoms with Gasteiger partial charge in [0.25, 0.3) is 0 Å². The quantitative estimate of drug-likeness (QED) is 0.254. The number of nitrogens with zero attached hydrogens (tertiary/aromatic N) is 2. The summed E-state index contributed by atoms with van der Waals surface area (Å²) in [4.78, 5) is 29.0. The van der Waals surface area contributed by atoms with Crippen LogP contribution in [0.2, 0.25) is 0 Å². The van der Waals surface area contributed by atoms with E-state index in [4.69, 9.17) is 18.9 Å². The highest BCUT2D eigenvalue weighted by Crippen LogP contribution is 2.46. The van der Waals surface area contributed by atoms with Crippen LogP contribution in [0.15, 0.2) is 36.0 Å². The first-order valence-electron chi connectivity index (χ1n) is 15.7. The molecule has 4 saturated heterocycles. The fourth-order valence-electron chi connectivity index (χ4n) is 6.70. The minimum Gasteiger partial charge on any atom is -0.442 e. The summed E-state index contributed by atoms with van der Waals surface area (Å²) in [5.41, 5.74) is 1.03. The number of amides is 2. The molecule has 4 fully saturated rings. The summed E-state index contributed by atoms with van der Waals surface area (Å²) in [6, 6.07) is -0.0856. The lowest BCUT2D eigenvalue weighted by atomic mass is 9.83. The van der Waals surface area contributed by atoms with Crippen LogP contribution in [-0.2, 0) is 23.7 Å². The van der Waals surface area contributed by atoms with E-state index in [0.717, 1.165) is 39.0 Å². The topological polar surface area (TPSA) is 92.9 Å². The second-order valence-electron chi connectivity index (χ2n) is 13.8. The van der Waals surface area contributed by atoms with E-state index in [1.807, 2.05) is 14.0 Å². The van der Waals surface area contributed by atoms with Gasteiger partial charge in [0.2, 0.25) is 5.91 Å². The minimum absolute atomic E-state index is 0.0145. The summed E-state index contributed by atoms with van der Waals surface area (Å²) in [6.07, 6.45) is 11.6. The molecule has 8 atom stereocenters. The van der Waals surface area contributed by atoms with Crippen molar-refractivity contribution in [2.24, 2.45) is 11.8 Å². The number of allylic oxidation sites excluding steroid dienone is 2. The third kappa shape index (κ3) is 9.15. The molecule has 0 saturated carbocycles. The van der Waals surface area contributed by atoms with Gasteiger partial charge in [-0.25, -0.2) is 4.79 Å². The van der Waals surface area contributed by atoms with Gasteiger partial charge in [-0.15, -0.1) is 0 Å². The maximum atomic E-state index is 12.7. The first-order valence-corrected chi connectivity index (χ1v) is 15.7. The Balaban J connectivity index is 1.22. The van der Waals surface area contributed by atoms with Crippen molar-refractivity contribution >= 4 is 12.0 Å². The summed E-state index contributed by atoms with van der Waals surface area (Å²) < 4.78 is 24.0. The summed E-state index contributed by atoms with van der Waals surface area (Å²) in [6.45, 7) is 18.4. The van der Waals surface area contributed by atoms with Crippen LogP contribution in [0.1, 0.15) is 67.7 Å². The molecule has 2 unspecified atom stereocenters. The minimum atomic E-state index is -0.490. The number of carbonyl (C=O) groups excluding carboxylic acids is 2. The molecule has 42 heavy (non-hydrogen) atoms. The van der Waals surface area contributed by atoms with Gasteiger partial charge in [-0.1, -0.05) is 37.6 Å². The SMILES string of the molecule is CC(/C=C/[C@@H]1C[C@]2(CO2)CC(C)(C)O1)=C\C(C)C1O[C@H](C)[C@H](NC(=O)/C=C\[C@H](C)OC(=O)N2CCN(C)CC2)C[C@@H]1C. The molecule has 4 heterocycles. The van der Waals surface area contributed by atoms with Crippen LogP contribution in [0.25, 0.3) is 0 Å². The van der Waals surface area contributed by atoms with Crippen molar-refractivity contribution in [3.8, 4) is 0 Å². The molecular weight excluding hydrogens is 534 g/mol. The van der Waals surface area contributed by atoms with Crippen LogP contribution in [0.5, 0.6) is 0 Å². The standard InChI is InChI=1S/C33H53N3O6/c1-22(9-11-27-19-33(21-39-33)20-32(6,7)42-27)17-23(2)30-24(3)18-28(26(5)41-30)34-29(37)12-10-25(4)40-31(38)36-15-13-35(8)14-16-36/h9-12,17,23-28,30H,13-16,18-21H2,1-8H3,(H,34,37)/b11-9+,12-10-,22-17+/t23?,24-,25-,26+,27+,28+,30?,33+/m0/s1. The Labute approximate surface area is 252 Å². The van der Waals surface area contributed by atoms with Gasteiger partial charge in [-0.3, -0.25) is 4.79 Å². The smallest absolute Gasteiger partial charge is 0.410 e. The molecule has 1 N–H and O–H groups in total. The van der Waals surface area contributed by atoms with Crippen LogP contribution >= 0.6 is 0 Å². The van der Waals surface area contributed by atoms with Crippen molar-refractivity contribution < 1.29 is 28.5 Å². The van der Waals surface area contributed by atoms with Crippen molar-refractivity contribution in [3.05, 3.63) is 36.0 Å². The van der Waals surface area contributed by atoms with Crippen LogP contribution < -0.4 is 5.32 Å². The molecule has 0 radical (unpaired) electrons. The van der Waals surface area contributed by atoms with Gasteiger partial charge in [-0.2, -0.15) is 0 Å². The van der Waals surface area contributed by atoms with E-state index in [0.29, 0.717) is 13.1 Å². The van der Waals surface area contributed by atoms with E-state index in [1.165, 1.54) is 11.6 Å². The van der Waals surface area contributed by atoms with E-state index in [-0.39, 0.29) is 59.4 Å². The normalized spacial score (nSPS) is 35.4. The predicted octanol–water partition coefficient (Wildman–Crippen LogP) is 4.48. The summed E-state index contributed by atoms with van der Waals surface area (Å²) in [5, 5.41) is 3.09. The number of carbonyl (C=O) groups is 2. The molecule has 9 nitrogen and oxygen atoms in total. The zero-order valence-electron chi connectivity index (χ0n) is 26.9. The zero-order valence-corrected chi connectivity index (χ0v) is 26.9. The highest BCUT2D eigenvalue weighted by Gasteiger charge is 2.53. The third-order valence-electron chi connectivity index (χ3n) is 8.98. The number of piperazine rings is 1. The van der Waals surface area contributed by atoms with Crippen LogP contribution in [0.4, 0.5) is 4.79 Å². The Hall–Kier alpha value is -2.20. The van der Waals surface area contributed by atoms with Gasteiger partial charge in [0.15, 0.2) is 0 Å². The second kappa shape index (κ2) is 13.6.